The molecule has 0 fully saturated rings. The first-order valence-corrected chi connectivity index (χ1v) is 14.8. The maximum atomic E-state index is 15.2. The predicted molar refractivity (Wildman–Crippen MR) is 168 cm³/mol. The summed E-state index contributed by atoms with van der Waals surface area (Å²) in [6.45, 7) is 12.7. The summed E-state index contributed by atoms with van der Waals surface area (Å²) >= 11 is 0. The number of hydrogen-bond acceptors (Lipinski definition) is 6. The van der Waals surface area contributed by atoms with Crippen molar-refractivity contribution in [2.45, 2.75) is 65.6 Å². The Morgan fingerprint density at radius 3 is 1.84 bits per heavy atom. The molecule has 0 unspecified atom stereocenters. The van der Waals surface area contributed by atoms with Crippen LogP contribution in [-0.4, -0.2) is 72.4 Å². The minimum atomic E-state index is -0.588. The highest BCUT2D eigenvalue weighted by molar-refractivity contribution is 6.05. The van der Waals surface area contributed by atoms with Gasteiger partial charge < -0.3 is 29.3 Å². The number of ether oxygens (including phenoxy) is 3. The second kappa shape index (κ2) is 13.1. The van der Waals surface area contributed by atoms with Crippen molar-refractivity contribution in [3.05, 3.63) is 71.1 Å². The highest BCUT2D eigenvalue weighted by Gasteiger charge is 2.26. The number of amides is 3. The zero-order valence-corrected chi connectivity index (χ0v) is 26.6. The van der Waals surface area contributed by atoms with E-state index in [1.54, 1.807) is 28.0 Å². The molecular weight excluding hydrogens is 565 g/mol. The summed E-state index contributed by atoms with van der Waals surface area (Å²) in [5, 5.41) is 2.82. The number of hydrogen-bond donors (Lipinski definition) is 1. The summed E-state index contributed by atoms with van der Waals surface area (Å²) in [5.74, 6) is -0.521. The Bertz CT molecular complexity index is 1480. The number of carbonyl (C=O) groups excluding carboxylic acids is 3. The van der Waals surface area contributed by atoms with E-state index in [-0.39, 0.29) is 11.7 Å². The lowest BCUT2D eigenvalue weighted by Gasteiger charge is -2.29. The molecule has 4 rings (SSSR count). The van der Waals surface area contributed by atoms with Crippen molar-refractivity contribution in [1.29, 1.82) is 0 Å². The standard InChI is InChI=1S/C34H42FN3O6/c1-33(2,3)43-31(40)37-16-12-22(13-17-37)24-9-11-28(29(21-24)42-7)36-30(39)25-8-10-26(27(35)20-25)23-14-18-38(19-15-23)32(41)44-34(4,5)6/h8-12,14,20-21H,13,15-19H2,1-7H3,(H,36,39). The van der Waals surface area contributed by atoms with Crippen LogP contribution in [0.2, 0.25) is 0 Å². The Balaban J connectivity index is 1.40. The van der Waals surface area contributed by atoms with Crippen LogP contribution in [0, 0.1) is 5.82 Å². The van der Waals surface area contributed by atoms with Crippen LogP contribution in [0.3, 0.4) is 0 Å². The second-order valence-corrected chi connectivity index (χ2v) is 12.9. The number of nitrogens with one attached hydrogen (secondary N) is 1. The second-order valence-electron chi connectivity index (χ2n) is 12.9. The molecule has 0 saturated heterocycles. The SMILES string of the molecule is COc1cc(C2=CCN(C(=O)OC(C)(C)C)CC2)ccc1NC(=O)c1ccc(C2=CCN(C(=O)OC(C)(C)C)CC2)c(F)c1. The first kappa shape index (κ1) is 32.6. The topological polar surface area (TPSA) is 97.4 Å². The van der Waals surface area contributed by atoms with Gasteiger partial charge in [-0.3, -0.25) is 4.79 Å². The van der Waals surface area contributed by atoms with E-state index in [4.69, 9.17) is 14.2 Å². The van der Waals surface area contributed by atoms with Crippen LogP contribution in [0.25, 0.3) is 11.1 Å². The van der Waals surface area contributed by atoms with Crippen molar-refractivity contribution in [2.24, 2.45) is 0 Å². The van der Waals surface area contributed by atoms with E-state index in [2.05, 4.69) is 5.32 Å². The third-order valence-electron chi connectivity index (χ3n) is 7.12. The largest absolute Gasteiger partial charge is 0.495 e. The minimum Gasteiger partial charge on any atom is -0.495 e. The van der Waals surface area contributed by atoms with Gasteiger partial charge in [-0.25, -0.2) is 14.0 Å². The van der Waals surface area contributed by atoms with Crippen molar-refractivity contribution < 1.29 is 33.0 Å². The lowest BCUT2D eigenvalue weighted by Crippen LogP contribution is -2.39. The first-order chi connectivity index (χ1) is 20.6. The van der Waals surface area contributed by atoms with Gasteiger partial charge in [0.1, 0.15) is 22.8 Å². The lowest BCUT2D eigenvalue weighted by molar-refractivity contribution is 0.0260. The lowest BCUT2D eigenvalue weighted by atomic mass is 9.97. The number of carbonyl (C=O) groups is 3. The summed E-state index contributed by atoms with van der Waals surface area (Å²) in [7, 11) is 1.52. The van der Waals surface area contributed by atoms with Crippen molar-refractivity contribution in [3.8, 4) is 5.75 Å². The zero-order chi connectivity index (χ0) is 32.2. The minimum absolute atomic E-state index is 0.168. The van der Waals surface area contributed by atoms with Gasteiger partial charge in [-0.1, -0.05) is 24.3 Å². The number of rotatable bonds is 5. The molecule has 0 aromatic heterocycles. The number of methoxy groups -OCH3 is 1. The van der Waals surface area contributed by atoms with Gasteiger partial charge in [-0.15, -0.1) is 0 Å². The number of benzene rings is 2. The van der Waals surface area contributed by atoms with Crippen molar-refractivity contribution >= 4 is 34.9 Å². The third kappa shape index (κ3) is 8.39. The highest BCUT2D eigenvalue weighted by atomic mass is 19.1. The molecule has 2 aromatic carbocycles. The fraction of sp³-hybridized carbons (Fsp3) is 0.441. The first-order valence-electron chi connectivity index (χ1n) is 14.8. The molecule has 10 heteroatoms. The van der Waals surface area contributed by atoms with Crippen molar-refractivity contribution in [2.75, 3.05) is 38.6 Å². The van der Waals surface area contributed by atoms with Crippen LogP contribution in [-0.2, 0) is 9.47 Å². The van der Waals surface area contributed by atoms with Gasteiger partial charge in [0.05, 0.1) is 12.8 Å². The van der Waals surface area contributed by atoms with Gasteiger partial charge in [0.15, 0.2) is 0 Å². The van der Waals surface area contributed by atoms with Crippen LogP contribution >= 0.6 is 0 Å². The summed E-state index contributed by atoms with van der Waals surface area (Å²) < 4.78 is 31.6. The Hall–Kier alpha value is -4.34. The van der Waals surface area contributed by atoms with Crippen molar-refractivity contribution in [1.82, 2.24) is 9.80 Å². The predicted octanol–water partition coefficient (Wildman–Crippen LogP) is 7.14. The molecule has 2 aliphatic rings. The van der Waals surface area contributed by atoms with Gasteiger partial charge in [0, 0.05) is 37.3 Å². The fourth-order valence-corrected chi connectivity index (χ4v) is 4.94. The fourth-order valence-electron chi connectivity index (χ4n) is 4.94. The maximum Gasteiger partial charge on any atom is 0.410 e. The number of halogens is 1. The van der Waals surface area contributed by atoms with E-state index < -0.39 is 29.0 Å². The van der Waals surface area contributed by atoms with Gasteiger partial charge in [-0.2, -0.15) is 0 Å². The molecule has 2 heterocycles. The Morgan fingerprint density at radius 2 is 1.36 bits per heavy atom. The smallest absolute Gasteiger partial charge is 0.410 e. The third-order valence-corrected chi connectivity index (χ3v) is 7.12. The molecule has 0 aliphatic carbocycles. The molecule has 236 valence electrons. The van der Waals surface area contributed by atoms with Gasteiger partial charge in [0.2, 0.25) is 0 Å². The quantitative estimate of drug-likeness (QED) is 0.388. The number of anilines is 1. The molecule has 44 heavy (non-hydrogen) atoms. The average molecular weight is 608 g/mol. The van der Waals surface area contributed by atoms with Gasteiger partial charge >= 0.3 is 12.2 Å². The molecule has 2 aliphatic heterocycles. The van der Waals surface area contributed by atoms with Crippen LogP contribution in [0.1, 0.15) is 75.9 Å². The van der Waals surface area contributed by atoms with Crippen molar-refractivity contribution in [3.63, 3.8) is 0 Å². The molecule has 0 bridgehead atoms. The van der Waals surface area contributed by atoms with E-state index in [1.807, 2.05) is 65.8 Å². The molecule has 2 aromatic rings. The van der Waals surface area contributed by atoms with E-state index in [0.29, 0.717) is 56.0 Å². The molecule has 3 amide bonds. The summed E-state index contributed by atoms with van der Waals surface area (Å²) in [4.78, 5) is 41.0. The van der Waals surface area contributed by atoms with Crippen LogP contribution in [0.15, 0.2) is 48.6 Å². The zero-order valence-electron chi connectivity index (χ0n) is 26.6. The number of nitrogens with zero attached hydrogens (tertiary/aromatic N) is 2. The van der Waals surface area contributed by atoms with Crippen LogP contribution in [0.5, 0.6) is 5.75 Å². The molecular formula is C34H42FN3O6. The maximum absolute atomic E-state index is 15.2. The Morgan fingerprint density at radius 1 is 0.795 bits per heavy atom. The van der Waals surface area contributed by atoms with Gasteiger partial charge in [-0.05, 0) is 95.4 Å². The Kier molecular flexibility index (Phi) is 9.71. The van der Waals surface area contributed by atoms with E-state index in [0.717, 1.165) is 16.7 Å². The highest BCUT2D eigenvalue weighted by Crippen LogP contribution is 2.32. The average Bonchev–Trinajstić information content (AvgIpc) is 2.95. The molecule has 0 spiro atoms. The molecule has 0 atom stereocenters. The Labute approximate surface area is 258 Å². The summed E-state index contributed by atoms with van der Waals surface area (Å²) in [6.07, 6.45) is 4.18. The summed E-state index contributed by atoms with van der Waals surface area (Å²) in [6, 6.07) is 9.86. The molecule has 0 saturated carbocycles. The van der Waals surface area contributed by atoms with Crippen LogP contribution in [0.4, 0.5) is 19.7 Å². The van der Waals surface area contributed by atoms with Crippen LogP contribution < -0.4 is 10.1 Å². The van der Waals surface area contributed by atoms with E-state index >= 15 is 4.39 Å². The van der Waals surface area contributed by atoms with E-state index in [9.17, 15) is 14.4 Å². The normalized spacial score (nSPS) is 15.6. The molecule has 1 N–H and O–H groups in total. The molecule has 9 nitrogen and oxygen atoms in total. The molecule has 0 radical (unpaired) electrons. The van der Waals surface area contributed by atoms with Gasteiger partial charge in [0.25, 0.3) is 5.91 Å². The van der Waals surface area contributed by atoms with E-state index in [1.165, 1.54) is 13.2 Å². The summed E-state index contributed by atoms with van der Waals surface area (Å²) in [5.41, 5.74) is 2.64. The monoisotopic (exact) mass is 607 g/mol.